The molecule has 0 fully saturated rings. The molecule has 0 unspecified atom stereocenters. The second-order valence-corrected chi connectivity index (χ2v) is 3.49. The summed E-state index contributed by atoms with van der Waals surface area (Å²) in [5.41, 5.74) is 0.793. The van der Waals surface area contributed by atoms with E-state index in [2.05, 4.69) is 5.32 Å². The predicted octanol–water partition coefficient (Wildman–Crippen LogP) is -0.216. The molecular weight excluding hydrogens is 210 g/mol. The molecule has 0 saturated heterocycles. The van der Waals surface area contributed by atoms with E-state index in [1.807, 2.05) is 0 Å². The predicted molar refractivity (Wildman–Crippen MR) is 58.3 cm³/mol. The van der Waals surface area contributed by atoms with Crippen molar-refractivity contribution in [1.82, 2.24) is 5.32 Å². The number of aromatic hydroxyl groups is 1. The van der Waals surface area contributed by atoms with E-state index in [9.17, 15) is 9.90 Å². The summed E-state index contributed by atoms with van der Waals surface area (Å²) >= 11 is 0. The summed E-state index contributed by atoms with van der Waals surface area (Å²) in [5, 5.41) is 29.5. The van der Waals surface area contributed by atoms with Crippen LogP contribution in [0, 0.1) is 6.92 Å². The molecule has 0 bridgehead atoms. The summed E-state index contributed by atoms with van der Waals surface area (Å²) in [7, 11) is 0. The van der Waals surface area contributed by atoms with Gasteiger partial charge in [-0.2, -0.15) is 0 Å². The van der Waals surface area contributed by atoms with E-state index in [0.29, 0.717) is 11.1 Å². The number of aliphatic hydroxyl groups is 2. The normalized spacial score (nSPS) is 10.5. The molecule has 1 amide bonds. The Morgan fingerprint density at radius 2 is 2.00 bits per heavy atom. The Labute approximate surface area is 93.4 Å². The van der Waals surface area contributed by atoms with Gasteiger partial charge in [0.05, 0.1) is 19.3 Å². The van der Waals surface area contributed by atoms with Gasteiger partial charge >= 0.3 is 0 Å². The Kier molecular flexibility index (Phi) is 4.28. The quantitative estimate of drug-likeness (QED) is 0.570. The monoisotopic (exact) mass is 225 g/mol. The first-order chi connectivity index (χ1) is 7.60. The lowest BCUT2D eigenvalue weighted by molar-refractivity contribution is 0.0878. The van der Waals surface area contributed by atoms with Crippen LogP contribution in [0.4, 0.5) is 0 Å². The highest BCUT2D eigenvalue weighted by Crippen LogP contribution is 2.19. The molecule has 0 aliphatic heterocycles. The molecule has 1 aromatic rings. The molecule has 0 heterocycles. The van der Waals surface area contributed by atoms with Gasteiger partial charge in [-0.3, -0.25) is 4.79 Å². The lowest BCUT2D eigenvalue weighted by atomic mass is 10.1. The molecule has 0 aromatic heterocycles. The van der Waals surface area contributed by atoms with Gasteiger partial charge < -0.3 is 20.6 Å². The molecule has 1 aromatic carbocycles. The fourth-order valence-corrected chi connectivity index (χ4v) is 1.28. The third-order valence-electron chi connectivity index (χ3n) is 2.33. The van der Waals surface area contributed by atoms with Crippen molar-refractivity contribution < 1.29 is 20.1 Å². The van der Waals surface area contributed by atoms with Gasteiger partial charge in [0, 0.05) is 11.1 Å². The fraction of sp³-hybridized carbons (Fsp3) is 0.364. The number of phenolic OH excluding ortho intramolecular Hbond substituents is 1. The highest BCUT2D eigenvalue weighted by molar-refractivity contribution is 5.96. The minimum atomic E-state index is -0.686. The van der Waals surface area contributed by atoms with E-state index in [1.165, 1.54) is 6.07 Å². The van der Waals surface area contributed by atoms with Crippen LogP contribution in [-0.4, -0.2) is 40.5 Å². The molecule has 0 aliphatic carbocycles. The van der Waals surface area contributed by atoms with Crippen LogP contribution < -0.4 is 5.32 Å². The number of benzene rings is 1. The highest BCUT2D eigenvalue weighted by Gasteiger charge is 2.14. The van der Waals surface area contributed by atoms with Gasteiger partial charge in [0.2, 0.25) is 0 Å². The molecule has 0 atom stereocenters. The maximum absolute atomic E-state index is 11.7. The van der Waals surface area contributed by atoms with Crippen LogP contribution in [0.5, 0.6) is 5.75 Å². The summed E-state index contributed by atoms with van der Waals surface area (Å²) in [5.74, 6) is -0.390. The van der Waals surface area contributed by atoms with Gasteiger partial charge in [-0.1, -0.05) is 6.07 Å². The van der Waals surface area contributed by atoms with Crippen LogP contribution in [0.25, 0.3) is 0 Å². The minimum Gasteiger partial charge on any atom is -0.508 e. The molecule has 1 rings (SSSR count). The number of hydrogen-bond acceptors (Lipinski definition) is 4. The zero-order valence-corrected chi connectivity index (χ0v) is 8.97. The maximum Gasteiger partial charge on any atom is 0.252 e. The number of nitrogens with one attached hydrogen (secondary N) is 1. The Bertz CT molecular complexity index is 374. The Hall–Kier alpha value is -1.59. The Morgan fingerprint density at radius 3 is 2.56 bits per heavy atom. The van der Waals surface area contributed by atoms with Gasteiger partial charge in [-0.05, 0) is 19.1 Å². The third-order valence-corrected chi connectivity index (χ3v) is 2.33. The van der Waals surface area contributed by atoms with E-state index in [1.54, 1.807) is 19.1 Å². The number of aliphatic hydroxyl groups excluding tert-OH is 2. The molecule has 0 saturated carbocycles. The number of rotatable bonds is 4. The molecule has 5 heteroatoms. The van der Waals surface area contributed by atoms with E-state index >= 15 is 0 Å². The van der Waals surface area contributed by atoms with Crippen molar-refractivity contribution in [3.63, 3.8) is 0 Å². The lowest BCUT2D eigenvalue weighted by Gasteiger charge is -2.14. The van der Waals surface area contributed by atoms with Crippen molar-refractivity contribution in [3.05, 3.63) is 29.3 Å². The summed E-state index contributed by atoms with van der Waals surface area (Å²) < 4.78 is 0. The van der Waals surface area contributed by atoms with Crippen molar-refractivity contribution in [2.45, 2.75) is 13.0 Å². The molecular formula is C11H15NO4. The topological polar surface area (TPSA) is 89.8 Å². The number of carbonyl (C=O) groups is 1. The molecule has 16 heavy (non-hydrogen) atoms. The molecule has 0 spiro atoms. The van der Waals surface area contributed by atoms with E-state index < -0.39 is 11.9 Å². The smallest absolute Gasteiger partial charge is 0.252 e. The van der Waals surface area contributed by atoms with E-state index in [0.717, 1.165) is 0 Å². The van der Waals surface area contributed by atoms with Gasteiger partial charge in [0.1, 0.15) is 5.75 Å². The Morgan fingerprint density at radius 1 is 1.38 bits per heavy atom. The van der Waals surface area contributed by atoms with E-state index in [-0.39, 0.29) is 19.0 Å². The first kappa shape index (κ1) is 12.5. The van der Waals surface area contributed by atoms with Gasteiger partial charge in [0.25, 0.3) is 5.91 Å². The standard InChI is InChI=1S/C11H15NO4/c1-7-9(3-2-4-10(7)15)11(16)12-8(5-13)6-14/h2-4,8,13-15H,5-6H2,1H3,(H,12,16). The van der Waals surface area contributed by atoms with Crippen molar-refractivity contribution >= 4 is 5.91 Å². The number of carbonyl (C=O) groups excluding carboxylic acids is 1. The van der Waals surface area contributed by atoms with Crippen LogP contribution in [-0.2, 0) is 0 Å². The van der Waals surface area contributed by atoms with Crippen LogP contribution in [0.1, 0.15) is 15.9 Å². The van der Waals surface area contributed by atoms with Crippen molar-refractivity contribution in [1.29, 1.82) is 0 Å². The number of hydrogen-bond donors (Lipinski definition) is 4. The zero-order valence-electron chi connectivity index (χ0n) is 8.97. The molecule has 0 radical (unpaired) electrons. The summed E-state index contributed by atoms with van der Waals surface area (Å²) in [6, 6.07) is 3.93. The lowest BCUT2D eigenvalue weighted by Crippen LogP contribution is -2.40. The zero-order chi connectivity index (χ0) is 12.1. The van der Waals surface area contributed by atoms with Crippen LogP contribution in [0.2, 0.25) is 0 Å². The molecule has 5 nitrogen and oxygen atoms in total. The van der Waals surface area contributed by atoms with Crippen LogP contribution in [0.15, 0.2) is 18.2 Å². The first-order valence-electron chi connectivity index (χ1n) is 4.91. The molecule has 88 valence electrons. The number of amides is 1. The summed E-state index contributed by atoms with van der Waals surface area (Å²) in [6.45, 7) is 0.956. The van der Waals surface area contributed by atoms with E-state index in [4.69, 9.17) is 10.2 Å². The summed E-state index contributed by atoms with van der Waals surface area (Å²) in [6.07, 6.45) is 0. The first-order valence-corrected chi connectivity index (χ1v) is 4.91. The largest absolute Gasteiger partial charge is 0.508 e. The van der Waals surface area contributed by atoms with Gasteiger partial charge in [0.15, 0.2) is 0 Å². The van der Waals surface area contributed by atoms with Gasteiger partial charge in [-0.15, -0.1) is 0 Å². The minimum absolute atomic E-state index is 0.0391. The third kappa shape index (κ3) is 2.71. The van der Waals surface area contributed by atoms with Crippen LogP contribution in [0.3, 0.4) is 0 Å². The summed E-state index contributed by atoms with van der Waals surface area (Å²) in [4.78, 5) is 11.7. The average molecular weight is 225 g/mol. The molecule has 4 N–H and O–H groups in total. The van der Waals surface area contributed by atoms with Crippen molar-refractivity contribution in [3.8, 4) is 5.75 Å². The second-order valence-electron chi connectivity index (χ2n) is 3.49. The fourth-order valence-electron chi connectivity index (χ4n) is 1.28. The SMILES string of the molecule is Cc1c(O)cccc1C(=O)NC(CO)CO. The Balaban J connectivity index is 2.84. The highest BCUT2D eigenvalue weighted by atomic mass is 16.3. The van der Waals surface area contributed by atoms with Crippen molar-refractivity contribution in [2.75, 3.05) is 13.2 Å². The van der Waals surface area contributed by atoms with Crippen molar-refractivity contribution in [2.24, 2.45) is 0 Å². The van der Waals surface area contributed by atoms with Crippen LogP contribution >= 0.6 is 0 Å². The maximum atomic E-state index is 11.7. The second kappa shape index (κ2) is 5.48. The average Bonchev–Trinajstić information content (AvgIpc) is 2.29. The van der Waals surface area contributed by atoms with Gasteiger partial charge in [-0.25, -0.2) is 0 Å². The molecule has 0 aliphatic rings. The number of phenols is 1.